The molecule has 110 valence electrons. The van der Waals surface area contributed by atoms with Gasteiger partial charge < -0.3 is 9.32 Å². The molecular formula is C15H18N4O2. The van der Waals surface area contributed by atoms with Gasteiger partial charge in [0.2, 0.25) is 11.8 Å². The quantitative estimate of drug-likeness (QED) is 0.862. The number of piperidine rings is 1. The molecule has 2 aromatic heterocycles. The van der Waals surface area contributed by atoms with Gasteiger partial charge in [0.15, 0.2) is 0 Å². The zero-order chi connectivity index (χ0) is 14.7. The minimum atomic E-state index is 0.170. The van der Waals surface area contributed by atoms with E-state index in [1.165, 1.54) is 6.26 Å². The minimum Gasteiger partial charge on any atom is -0.443 e. The van der Waals surface area contributed by atoms with Crippen LogP contribution in [0.4, 0.5) is 0 Å². The highest BCUT2D eigenvalue weighted by Crippen LogP contribution is 2.21. The van der Waals surface area contributed by atoms with Gasteiger partial charge in [-0.1, -0.05) is 0 Å². The Balaban J connectivity index is 1.58. The van der Waals surface area contributed by atoms with Gasteiger partial charge in [0.25, 0.3) is 0 Å². The molecule has 0 atom stereocenters. The Kier molecular flexibility index (Phi) is 3.94. The SMILES string of the molecule is CC(=O)N1CCC(Cc2cnc(-c3ncco3)cn2)CC1. The first kappa shape index (κ1) is 13.7. The molecule has 1 fully saturated rings. The fourth-order valence-corrected chi connectivity index (χ4v) is 2.67. The number of amides is 1. The first-order chi connectivity index (χ1) is 10.2. The van der Waals surface area contributed by atoms with E-state index in [0.717, 1.165) is 38.0 Å². The summed E-state index contributed by atoms with van der Waals surface area (Å²) in [4.78, 5) is 26.0. The summed E-state index contributed by atoms with van der Waals surface area (Å²) in [5.41, 5.74) is 1.63. The summed E-state index contributed by atoms with van der Waals surface area (Å²) in [5.74, 6) is 1.23. The number of hydrogen-bond donors (Lipinski definition) is 0. The van der Waals surface area contributed by atoms with Crippen LogP contribution in [0.3, 0.4) is 0 Å². The van der Waals surface area contributed by atoms with Gasteiger partial charge in [-0.25, -0.2) is 9.97 Å². The third-order valence-electron chi connectivity index (χ3n) is 3.91. The molecular weight excluding hydrogens is 268 g/mol. The summed E-state index contributed by atoms with van der Waals surface area (Å²) in [6.07, 6.45) is 9.57. The average Bonchev–Trinajstić information content (AvgIpc) is 3.03. The maximum atomic E-state index is 11.3. The van der Waals surface area contributed by atoms with Crippen molar-refractivity contribution in [2.45, 2.75) is 26.2 Å². The molecule has 1 amide bonds. The van der Waals surface area contributed by atoms with Crippen molar-refractivity contribution in [2.75, 3.05) is 13.1 Å². The van der Waals surface area contributed by atoms with E-state index in [4.69, 9.17) is 4.42 Å². The van der Waals surface area contributed by atoms with Crippen LogP contribution in [0.1, 0.15) is 25.5 Å². The molecule has 0 aromatic carbocycles. The molecule has 0 N–H and O–H groups in total. The fraction of sp³-hybridized carbons (Fsp3) is 0.467. The second-order valence-electron chi connectivity index (χ2n) is 5.38. The van der Waals surface area contributed by atoms with Gasteiger partial charge in [-0.3, -0.25) is 9.78 Å². The van der Waals surface area contributed by atoms with Crippen LogP contribution in [0.5, 0.6) is 0 Å². The van der Waals surface area contributed by atoms with Gasteiger partial charge in [0.05, 0.1) is 18.1 Å². The van der Waals surface area contributed by atoms with Crippen molar-refractivity contribution >= 4 is 5.91 Å². The maximum Gasteiger partial charge on any atom is 0.246 e. The van der Waals surface area contributed by atoms with E-state index in [1.807, 2.05) is 4.90 Å². The number of hydrogen-bond acceptors (Lipinski definition) is 5. The zero-order valence-corrected chi connectivity index (χ0v) is 12.0. The normalized spacial score (nSPS) is 16.1. The number of carbonyl (C=O) groups is 1. The molecule has 3 heterocycles. The Bertz CT molecular complexity index is 587. The van der Waals surface area contributed by atoms with E-state index < -0.39 is 0 Å². The van der Waals surface area contributed by atoms with E-state index in [9.17, 15) is 4.79 Å². The number of aromatic nitrogens is 3. The molecule has 0 spiro atoms. The molecule has 0 radical (unpaired) electrons. The van der Waals surface area contributed by atoms with Crippen LogP contribution in [0, 0.1) is 5.92 Å². The Morgan fingerprint density at radius 1 is 1.29 bits per heavy atom. The molecule has 1 aliphatic heterocycles. The monoisotopic (exact) mass is 286 g/mol. The molecule has 3 rings (SSSR count). The zero-order valence-electron chi connectivity index (χ0n) is 12.0. The Morgan fingerprint density at radius 2 is 2.10 bits per heavy atom. The largest absolute Gasteiger partial charge is 0.443 e. The van der Waals surface area contributed by atoms with Crippen LogP contribution in [0.2, 0.25) is 0 Å². The molecule has 21 heavy (non-hydrogen) atoms. The van der Waals surface area contributed by atoms with Gasteiger partial charge in [0.1, 0.15) is 12.0 Å². The van der Waals surface area contributed by atoms with E-state index in [0.29, 0.717) is 17.5 Å². The van der Waals surface area contributed by atoms with Crippen molar-refractivity contribution in [3.63, 3.8) is 0 Å². The van der Waals surface area contributed by atoms with Gasteiger partial charge in [0, 0.05) is 26.2 Å². The van der Waals surface area contributed by atoms with Gasteiger partial charge in [-0.15, -0.1) is 0 Å². The van der Waals surface area contributed by atoms with E-state index in [1.54, 1.807) is 25.5 Å². The van der Waals surface area contributed by atoms with Crippen molar-refractivity contribution in [3.8, 4) is 11.6 Å². The Morgan fingerprint density at radius 3 is 2.67 bits per heavy atom. The second-order valence-corrected chi connectivity index (χ2v) is 5.38. The average molecular weight is 286 g/mol. The smallest absolute Gasteiger partial charge is 0.246 e. The molecule has 6 heteroatoms. The van der Waals surface area contributed by atoms with Crippen LogP contribution in [-0.2, 0) is 11.2 Å². The number of oxazole rings is 1. The highest BCUT2D eigenvalue weighted by atomic mass is 16.3. The molecule has 0 saturated carbocycles. The van der Waals surface area contributed by atoms with Crippen molar-refractivity contribution in [1.82, 2.24) is 19.9 Å². The summed E-state index contributed by atoms with van der Waals surface area (Å²) in [5, 5.41) is 0. The summed E-state index contributed by atoms with van der Waals surface area (Å²) in [6, 6.07) is 0. The third-order valence-corrected chi connectivity index (χ3v) is 3.91. The van der Waals surface area contributed by atoms with E-state index in [-0.39, 0.29) is 5.91 Å². The van der Waals surface area contributed by atoms with Crippen molar-refractivity contribution in [3.05, 3.63) is 30.5 Å². The highest BCUT2D eigenvalue weighted by molar-refractivity contribution is 5.73. The topological polar surface area (TPSA) is 72.1 Å². The molecule has 6 nitrogen and oxygen atoms in total. The molecule has 0 aliphatic carbocycles. The molecule has 0 unspecified atom stereocenters. The van der Waals surface area contributed by atoms with Crippen molar-refractivity contribution < 1.29 is 9.21 Å². The molecule has 0 bridgehead atoms. The summed E-state index contributed by atoms with van der Waals surface area (Å²) in [6.45, 7) is 3.33. The Hall–Kier alpha value is -2.24. The van der Waals surface area contributed by atoms with Crippen LogP contribution < -0.4 is 0 Å². The summed E-state index contributed by atoms with van der Waals surface area (Å²) >= 11 is 0. The van der Waals surface area contributed by atoms with Crippen LogP contribution in [0.15, 0.2) is 29.3 Å². The van der Waals surface area contributed by atoms with E-state index >= 15 is 0 Å². The summed E-state index contributed by atoms with van der Waals surface area (Å²) in [7, 11) is 0. The number of carbonyl (C=O) groups excluding carboxylic acids is 1. The summed E-state index contributed by atoms with van der Waals surface area (Å²) < 4.78 is 5.19. The van der Waals surface area contributed by atoms with Crippen molar-refractivity contribution in [1.29, 1.82) is 0 Å². The lowest BCUT2D eigenvalue weighted by Crippen LogP contribution is -2.37. The van der Waals surface area contributed by atoms with Crippen LogP contribution >= 0.6 is 0 Å². The Labute approximate surface area is 123 Å². The van der Waals surface area contributed by atoms with Crippen LogP contribution in [-0.4, -0.2) is 38.8 Å². The lowest BCUT2D eigenvalue weighted by atomic mass is 9.92. The first-order valence-electron chi connectivity index (χ1n) is 7.18. The molecule has 1 saturated heterocycles. The molecule has 2 aromatic rings. The predicted molar refractivity (Wildman–Crippen MR) is 76.2 cm³/mol. The standard InChI is InChI=1S/C15H18N4O2/c1-11(20)19-5-2-12(3-6-19)8-13-9-18-14(10-17-13)15-16-4-7-21-15/h4,7,9-10,12H,2-3,5-6,8H2,1H3. The lowest BCUT2D eigenvalue weighted by molar-refractivity contribution is -0.130. The number of likely N-dealkylation sites (tertiary alicyclic amines) is 1. The highest BCUT2D eigenvalue weighted by Gasteiger charge is 2.21. The van der Waals surface area contributed by atoms with Gasteiger partial charge in [-0.2, -0.15) is 0 Å². The minimum absolute atomic E-state index is 0.170. The van der Waals surface area contributed by atoms with E-state index in [2.05, 4.69) is 15.0 Å². The molecule has 1 aliphatic rings. The van der Waals surface area contributed by atoms with Gasteiger partial charge in [-0.05, 0) is 25.2 Å². The first-order valence-corrected chi connectivity index (χ1v) is 7.18. The van der Waals surface area contributed by atoms with Crippen LogP contribution in [0.25, 0.3) is 11.6 Å². The third kappa shape index (κ3) is 3.26. The number of nitrogens with zero attached hydrogens (tertiary/aromatic N) is 4. The lowest BCUT2D eigenvalue weighted by Gasteiger charge is -2.31. The van der Waals surface area contributed by atoms with Crippen molar-refractivity contribution in [2.24, 2.45) is 5.92 Å². The maximum absolute atomic E-state index is 11.3. The number of rotatable bonds is 3. The second kappa shape index (κ2) is 6.03. The van der Waals surface area contributed by atoms with Gasteiger partial charge >= 0.3 is 0 Å². The fourth-order valence-electron chi connectivity index (χ4n) is 2.67. The predicted octanol–water partition coefficient (Wildman–Crippen LogP) is 1.93.